The predicted octanol–water partition coefficient (Wildman–Crippen LogP) is 2.71. The van der Waals surface area contributed by atoms with E-state index in [2.05, 4.69) is 44.2 Å². The molecule has 2 heterocycles. The van der Waals surface area contributed by atoms with Crippen molar-refractivity contribution in [2.45, 2.75) is 22.9 Å². The largest absolute Gasteiger partial charge is 0.312 e. The second-order valence-corrected chi connectivity index (χ2v) is 6.44. The van der Waals surface area contributed by atoms with Crippen LogP contribution in [0.3, 0.4) is 0 Å². The molecular weight excluding hydrogens is 280 g/mol. The first-order valence-corrected chi connectivity index (χ1v) is 7.96. The van der Waals surface area contributed by atoms with Gasteiger partial charge in [-0.25, -0.2) is 0 Å². The Morgan fingerprint density at radius 3 is 2.90 bits per heavy atom. The highest BCUT2D eigenvalue weighted by Gasteiger charge is 2.32. The van der Waals surface area contributed by atoms with E-state index < -0.39 is 0 Å². The summed E-state index contributed by atoms with van der Waals surface area (Å²) < 4.78 is 2.06. The van der Waals surface area contributed by atoms with E-state index in [1.54, 1.807) is 11.8 Å². The lowest BCUT2D eigenvalue weighted by molar-refractivity contribution is 0.602. The second kappa shape index (κ2) is 5.16. The lowest BCUT2D eigenvalue weighted by Gasteiger charge is -2.18. The highest BCUT2D eigenvalue weighted by Crippen LogP contribution is 2.40. The summed E-state index contributed by atoms with van der Waals surface area (Å²) in [6.45, 7) is 0. The topological polar surface area (TPSA) is 42.2 Å². The molecule has 0 radical (unpaired) electrons. The van der Waals surface area contributed by atoms with Crippen LogP contribution < -0.4 is 5.32 Å². The van der Waals surface area contributed by atoms with Gasteiger partial charge in [0.2, 0.25) is 0 Å². The molecule has 4 rings (SSSR count). The summed E-state index contributed by atoms with van der Waals surface area (Å²) in [4.78, 5) is 0. The van der Waals surface area contributed by atoms with E-state index in [-0.39, 0.29) is 0 Å². The normalized spacial score (nSPS) is 20.8. The van der Waals surface area contributed by atoms with Gasteiger partial charge < -0.3 is 5.32 Å². The quantitative estimate of drug-likeness (QED) is 0.807. The molecule has 5 heteroatoms. The van der Waals surface area contributed by atoms with Crippen LogP contribution in [-0.2, 0) is 6.42 Å². The molecule has 0 amide bonds. The fraction of sp³-hybridized carbons (Fsp3) is 0.250. The molecule has 3 aromatic rings. The fourth-order valence-electron chi connectivity index (χ4n) is 3.04. The Kier molecular flexibility index (Phi) is 3.16. The summed E-state index contributed by atoms with van der Waals surface area (Å²) >= 11 is 1.80. The van der Waals surface area contributed by atoms with E-state index in [4.69, 9.17) is 0 Å². The minimum absolute atomic E-state index is 0.363. The van der Waals surface area contributed by atoms with Crippen molar-refractivity contribution in [3.8, 4) is 0 Å². The van der Waals surface area contributed by atoms with Crippen molar-refractivity contribution in [3.63, 3.8) is 0 Å². The molecule has 0 aliphatic heterocycles. The summed E-state index contributed by atoms with van der Waals surface area (Å²) in [5, 5.41) is 13.4. The first-order chi connectivity index (χ1) is 10.4. The third-order valence-electron chi connectivity index (χ3n) is 4.03. The lowest BCUT2D eigenvalue weighted by Crippen LogP contribution is -2.23. The maximum Gasteiger partial charge on any atom is 0.195 e. The summed E-state index contributed by atoms with van der Waals surface area (Å²) in [6, 6.07) is 15.0. The third-order valence-corrected chi connectivity index (χ3v) is 5.26. The van der Waals surface area contributed by atoms with Crippen molar-refractivity contribution in [2.75, 3.05) is 7.05 Å². The number of nitrogens with one attached hydrogen (secondary N) is 1. The van der Waals surface area contributed by atoms with Gasteiger partial charge in [0.15, 0.2) is 10.8 Å². The van der Waals surface area contributed by atoms with Gasteiger partial charge in [0.25, 0.3) is 0 Å². The van der Waals surface area contributed by atoms with Crippen LogP contribution >= 0.6 is 11.8 Å². The molecule has 0 bridgehead atoms. The Morgan fingerprint density at radius 1 is 1.14 bits per heavy atom. The van der Waals surface area contributed by atoms with E-state index in [9.17, 15) is 0 Å². The number of nitrogens with zero attached hydrogens (tertiary/aromatic N) is 3. The summed E-state index contributed by atoms with van der Waals surface area (Å²) in [5.74, 6) is 0. The average Bonchev–Trinajstić information content (AvgIpc) is 3.09. The van der Waals surface area contributed by atoms with Gasteiger partial charge in [-0.2, -0.15) is 0 Å². The molecule has 2 atom stereocenters. The summed E-state index contributed by atoms with van der Waals surface area (Å²) in [5.41, 5.74) is 3.74. The molecule has 0 saturated carbocycles. The Labute approximate surface area is 127 Å². The van der Waals surface area contributed by atoms with E-state index in [0.717, 1.165) is 17.2 Å². The molecule has 1 N–H and O–H groups in total. The van der Waals surface area contributed by atoms with Gasteiger partial charge in [-0.05, 0) is 36.7 Å². The number of hydrogen-bond donors (Lipinski definition) is 1. The van der Waals surface area contributed by atoms with Gasteiger partial charge in [-0.15, -0.1) is 10.2 Å². The van der Waals surface area contributed by atoms with Crippen molar-refractivity contribution >= 4 is 17.4 Å². The Bertz CT molecular complexity index is 783. The molecular formula is C16H16N4S. The van der Waals surface area contributed by atoms with E-state index in [1.807, 2.05) is 31.4 Å². The SMILES string of the molecule is CNC1c2ccccc2CC1Sc1nnc2ccccn12. The predicted molar refractivity (Wildman–Crippen MR) is 84.6 cm³/mol. The minimum Gasteiger partial charge on any atom is -0.312 e. The smallest absolute Gasteiger partial charge is 0.195 e. The maximum atomic E-state index is 4.34. The molecule has 1 aliphatic carbocycles. The molecule has 1 aliphatic rings. The van der Waals surface area contributed by atoms with Gasteiger partial charge in [0.05, 0.1) is 0 Å². The van der Waals surface area contributed by atoms with E-state index in [0.29, 0.717) is 11.3 Å². The molecule has 0 saturated heterocycles. The van der Waals surface area contributed by atoms with Crippen molar-refractivity contribution in [2.24, 2.45) is 0 Å². The Morgan fingerprint density at radius 2 is 2.00 bits per heavy atom. The van der Waals surface area contributed by atoms with Crippen LogP contribution in [0.4, 0.5) is 0 Å². The number of pyridine rings is 1. The average molecular weight is 296 g/mol. The zero-order valence-electron chi connectivity index (χ0n) is 11.7. The van der Waals surface area contributed by atoms with Crippen molar-refractivity contribution < 1.29 is 0 Å². The Hall–Kier alpha value is -1.85. The van der Waals surface area contributed by atoms with Crippen molar-refractivity contribution in [1.82, 2.24) is 19.9 Å². The van der Waals surface area contributed by atoms with Gasteiger partial charge in [-0.3, -0.25) is 4.40 Å². The highest BCUT2D eigenvalue weighted by molar-refractivity contribution is 7.99. The van der Waals surface area contributed by atoms with Gasteiger partial charge in [-0.1, -0.05) is 42.1 Å². The van der Waals surface area contributed by atoms with Crippen LogP contribution in [0.1, 0.15) is 17.2 Å². The lowest BCUT2D eigenvalue weighted by atomic mass is 10.1. The molecule has 4 nitrogen and oxygen atoms in total. The molecule has 1 aromatic carbocycles. The number of aromatic nitrogens is 3. The molecule has 2 unspecified atom stereocenters. The summed E-state index contributed by atoms with van der Waals surface area (Å²) in [7, 11) is 2.03. The first kappa shape index (κ1) is 12.9. The van der Waals surface area contributed by atoms with Gasteiger partial charge in [0.1, 0.15) is 0 Å². The Balaban J connectivity index is 1.66. The number of thioether (sulfide) groups is 1. The molecule has 2 aromatic heterocycles. The maximum absolute atomic E-state index is 4.34. The van der Waals surface area contributed by atoms with Gasteiger partial charge in [0, 0.05) is 17.5 Å². The second-order valence-electron chi connectivity index (χ2n) is 5.24. The van der Waals surface area contributed by atoms with Crippen molar-refractivity contribution in [3.05, 3.63) is 59.8 Å². The first-order valence-electron chi connectivity index (χ1n) is 7.08. The standard InChI is InChI=1S/C16H16N4S/c1-17-15-12-7-3-2-6-11(12)10-13(15)21-16-19-18-14-8-4-5-9-20(14)16/h2-9,13,15,17H,10H2,1H3. The van der Waals surface area contributed by atoms with Gasteiger partial charge >= 0.3 is 0 Å². The summed E-state index contributed by atoms with van der Waals surface area (Å²) in [6.07, 6.45) is 3.09. The zero-order chi connectivity index (χ0) is 14.2. The van der Waals surface area contributed by atoms with Crippen LogP contribution in [0, 0.1) is 0 Å². The number of rotatable bonds is 3. The monoisotopic (exact) mass is 296 g/mol. The molecule has 0 fully saturated rings. The highest BCUT2D eigenvalue weighted by atomic mass is 32.2. The van der Waals surface area contributed by atoms with Crippen LogP contribution in [-0.4, -0.2) is 26.9 Å². The van der Waals surface area contributed by atoms with Crippen LogP contribution in [0.25, 0.3) is 5.65 Å². The fourth-order valence-corrected chi connectivity index (χ4v) is 4.35. The van der Waals surface area contributed by atoms with Crippen LogP contribution in [0.15, 0.2) is 53.8 Å². The van der Waals surface area contributed by atoms with E-state index >= 15 is 0 Å². The molecule has 106 valence electrons. The molecule has 0 spiro atoms. The number of fused-ring (bicyclic) bond motifs is 2. The van der Waals surface area contributed by atoms with Crippen LogP contribution in [0.5, 0.6) is 0 Å². The minimum atomic E-state index is 0.363. The number of benzene rings is 1. The molecule has 21 heavy (non-hydrogen) atoms. The van der Waals surface area contributed by atoms with Crippen molar-refractivity contribution in [1.29, 1.82) is 0 Å². The number of hydrogen-bond acceptors (Lipinski definition) is 4. The zero-order valence-corrected chi connectivity index (χ0v) is 12.5. The van der Waals surface area contributed by atoms with Crippen LogP contribution in [0.2, 0.25) is 0 Å². The van der Waals surface area contributed by atoms with E-state index in [1.165, 1.54) is 11.1 Å². The third kappa shape index (κ3) is 2.13.